The number of carbonyl (C=O) groups excluding carboxylic acids is 1. The lowest BCUT2D eigenvalue weighted by atomic mass is 10.00. The fraction of sp³-hybridized carbons (Fsp3) is 0.765. The molecule has 1 atom stereocenters. The van der Waals surface area contributed by atoms with E-state index in [0.29, 0.717) is 30.9 Å². The lowest BCUT2D eigenvalue weighted by Gasteiger charge is -2.25. The molecule has 1 N–H and O–H groups in total. The topological polar surface area (TPSA) is 98.3 Å². The van der Waals surface area contributed by atoms with E-state index in [-0.39, 0.29) is 5.91 Å². The van der Waals surface area contributed by atoms with Crippen LogP contribution in [0.15, 0.2) is 4.42 Å². The van der Waals surface area contributed by atoms with E-state index in [1.54, 1.807) is 6.92 Å². The number of aryl methyl sites for hydroxylation is 1. The molecule has 1 saturated heterocycles. The summed E-state index contributed by atoms with van der Waals surface area (Å²) < 4.78 is 5.43. The van der Waals surface area contributed by atoms with E-state index in [9.17, 15) is 10.1 Å². The number of nitriles is 1. The van der Waals surface area contributed by atoms with Crippen molar-refractivity contribution in [2.45, 2.75) is 57.2 Å². The Morgan fingerprint density at radius 2 is 2.24 bits per heavy atom. The number of amides is 1. The molecule has 0 unspecified atom stereocenters. The minimum absolute atomic E-state index is 0.0423. The van der Waals surface area contributed by atoms with E-state index in [4.69, 9.17) is 4.42 Å². The van der Waals surface area contributed by atoms with E-state index < -0.39 is 5.54 Å². The lowest BCUT2D eigenvalue weighted by Crippen LogP contribution is -2.49. The molecule has 1 aliphatic carbocycles. The monoisotopic (exact) mass is 346 g/mol. The molecular formula is C17H26N6O2. The molecule has 3 rings (SSSR count). The van der Waals surface area contributed by atoms with Gasteiger partial charge in [0.1, 0.15) is 5.54 Å². The highest BCUT2D eigenvalue weighted by atomic mass is 16.4. The Labute approximate surface area is 148 Å². The first-order valence-electron chi connectivity index (χ1n) is 8.93. The van der Waals surface area contributed by atoms with Gasteiger partial charge in [-0.25, -0.2) is 0 Å². The summed E-state index contributed by atoms with van der Waals surface area (Å²) in [6, 6.07) is 2.67. The normalized spacial score (nSPS) is 23.0. The predicted molar refractivity (Wildman–Crippen MR) is 90.3 cm³/mol. The Kier molecular flexibility index (Phi) is 5.35. The van der Waals surface area contributed by atoms with E-state index >= 15 is 0 Å². The van der Waals surface area contributed by atoms with Crippen LogP contribution < -0.4 is 5.32 Å². The molecule has 0 radical (unpaired) electrons. The summed E-state index contributed by atoms with van der Waals surface area (Å²) in [5.41, 5.74) is -0.636. The van der Waals surface area contributed by atoms with Gasteiger partial charge >= 0.3 is 0 Å². The van der Waals surface area contributed by atoms with Gasteiger partial charge in [0.2, 0.25) is 17.7 Å². The zero-order valence-electron chi connectivity index (χ0n) is 15.0. The van der Waals surface area contributed by atoms with Crippen molar-refractivity contribution in [1.82, 2.24) is 25.3 Å². The average molecular weight is 346 g/mol. The van der Waals surface area contributed by atoms with Crippen LogP contribution in [0.25, 0.3) is 0 Å². The van der Waals surface area contributed by atoms with Gasteiger partial charge in [-0.1, -0.05) is 0 Å². The lowest BCUT2D eigenvalue weighted by molar-refractivity contribution is -0.123. The maximum atomic E-state index is 12.3. The zero-order chi connectivity index (χ0) is 17.9. The van der Waals surface area contributed by atoms with E-state index in [1.165, 1.54) is 0 Å². The molecule has 1 amide bonds. The van der Waals surface area contributed by atoms with Gasteiger partial charge in [0.15, 0.2) is 0 Å². The molecule has 1 saturated carbocycles. The molecule has 0 spiro atoms. The summed E-state index contributed by atoms with van der Waals surface area (Å²) in [5.74, 6) is 1.15. The van der Waals surface area contributed by atoms with Crippen molar-refractivity contribution in [3.8, 4) is 6.07 Å². The molecule has 2 aliphatic rings. The third kappa shape index (κ3) is 4.35. The van der Waals surface area contributed by atoms with E-state index in [1.807, 2.05) is 7.05 Å². The average Bonchev–Trinajstić information content (AvgIpc) is 3.30. The first kappa shape index (κ1) is 17.8. The van der Waals surface area contributed by atoms with Crippen LogP contribution in [-0.4, -0.2) is 64.2 Å². The SMILES string of the molecule is Cc1nnc(CN(C)[C@H]2CCN(CC(=O)NC3(C#N)CCCC3)C2)o1. The van der Waals surface area contributed by atoms with Crippen LogP contribution in [0.3, 0.4) is 0 Å². The van der Waals surface area contributed by atoms with Gasteiger partial charge in [0.25, 0.3) is 0 Å². The Balaban J connectivity index is 1.46. The van der Waals surface area contributed by atoms with Gasteiger partial charge in [-0.3, -0.25) is 14.6 Å². The highest BCUT2D eigenvalue weighted by molar-refractivity contribution is 5.79. The highest BCUT2D eigenvalue weighted by Gasteiger charge is 2.36. The number of hydrogen-bond acceptors (Lipinski definition) is 7. The third-order valence-corrected chi connectivity index (χ3v) is 5.24. The minimum Gasteiger partial charge on any atom is -0.424 e. The zero-order valence-corrected chi connectivity index (χ0v) is 15.0. The molecule has 0 bridgehead atoms. The van der Waals surface area contributed by atoms with E-state index in [0.717, 1.165) is 45.2 Å². The molecule has 2 heterocycles. The summed E-state index contributed by atoms with van der Waals surface area (Å²) in [7, 11) is 2.04. The Bertz CT molecular complexity index is 646. The molecule has 1 aromatic heterocycles. The van der Waals surface area contributed by atoms with Gasteiger partial charge in [0, 0.05) is 26.1 Å². The summed E-state index contributed by atoms with van der Waals surface area (Å²) in [5, 5.41) is 20.2. The largest absolute Gasteiger partial charge is 0.424 e. The highest BCUT2D eigenvalue weighted by Crippen LogP contribution is 2.28. The number of likely N-dealkylation sites (N-methyl/N-ethyl adjacent to an activating group) is 1. The fourth-order valence-electron chi connectivity index (χ4n) is 3.81. The number of carbonyl (C=O) groups is 1. The first-order chi connectivity index (χ1) is 12.0. The fourth-order valence-corrected chi connectivity index (χ4v) is 3.81. The summed E-state index contributed by atoms with van der Waals surface area (Å²) >= 11 is 0. The van der Waals surface area contributed by atoms with Gasteiger partial charge < -0.3 is 9.73 Å². The number of rotatable bonds is 6. The second-order valence-corrected chi connectivity index (χ2v) is 7.26. The van der Waals surface area contributed by atoms with Crippen molar-refractivity contribution in [1.29, 1.82) is 5.26 Å². The molecule has 1 aliphatic heterocycles. The van der Waals surface area contributed by atoms with Crippen molar-refractivity contribution in [3.05, 3.63) is 11.8 Å². The van der Waals surface area contributed by atoms with Gasteiger partial charge in [-0.2, -0.15) is 5.26 Å². The number of nitrogens with one attached hydrogen (secondary N) is 1. The maximum absolute atomic E-state index is 12.3. The van der Waals surface area contributed by atoms with Crippen molar-refractivity contribution in [3.63, 3.8) is 0 Å². The molecule has 8 nitrogen and oxygen atoms in total. The molecule has 136 valence electrons. The first-order valence-corrected chi connectivity index (χ1v) is 8.93. The quantitative estimate of drug-likeness (QED) is 0.815. The summed E-state index contributed by atoms with van der Waals surface area (Å²) in [6.45, 7) is 4.46. The van der Waals surface area contributed by atoms with Crippen LogP contribution in [-0.2, 0) is 11.3 Å². The Morgan fingerprint density at radius 1 is 1.48 bits per heavy atom. The van der Waals surface area contributed by atoms with Gasteiger partial charge in [-0.15, -0.1) is 10.2 Å². The number of hydrogen-bond donors (Lipinski definition) is 1. The second kappa shape index (κ2) is 7.50. The van der Waals surface area contributed by atoms with E-state index in [2.05, 4.69) is 31.4 Å². The number of aromatic nitrogens is 2. The van der Waals surface area contributed by atoms with Crippen LogP contribution in [0.2, 0.25) is 0 Å². The van der Waals surface area contributed by atoms with Crippen LogP contribution in [0.4, 0.5) is 0 Å². The van der Waals surface area contributed by atoms with Crippen molar-refractivity contribution < 1.29 is 9.21 Å². The smallest absolute Gasteiger partial charge is 0.235 e. The minimum atomic E-state index is -0.636. The summed E-state index contributed by atoms with van der Waals surface area (Å²) in [4.78, 5) is 16.7. The number of likely N-dealkylation sites (tertiary alicyclic amines) is 1. The molecular weight excluding hydrogens is 320 g/mol. The summed E-state index contributed by atoms with van der Waals surface area (Å²) in [6.07, 6.45) is 4.56. The van der Waals surface area contributed by atoms with Gasteiger partial charge in [-0.05, 0) is 39.2 Å². The van der Waals surface area contributed by atoms with Crippen LogP contribution in [0.1, 0.15) is 43.9 Å². The maximum Gasteiger partial charge on any atom is 0.235 e. The number of nitrogens with zero attached hydrogens (tertiary/aromatic N) is 5. The van der Waals surface area contributed by atoms with Gasteiger partial charge in [0.05, 0.1) is 19.2 Å². The van der Waals surface area contributed by atoms with Crippen LogP contribution in [0.5, 0.6) is 0 Å². The third-order valence-electron chi connectivity index (χ3n) is 5.24. The second-order valence-electron chi connectivity index (χ2n) is 7.26. The molecule has 8 heteroatoms. The Morgan fingerprint density at radius 3 is 2.88 bits per heavy atom. The van der Waals surface area contributed by atoms with Crippen molar-refractivity contribution in [2.24, 2.45) is 0 Å². The van der Waals surface area contributed by atoms with Crippen LogP contribution >= 0.6 is 0 Å². The molecule has 1 aromatic rings. The molecule has 2 fully saturated rings. The molecule has 0 aromatic carbocycles. The van der Waals surface area contributed by atoms with Crippen molar-refractivity contribution >= 4 is 5.91 Å². The Hall–Kier alpha value is -1.98. The van der Waals surface area contributed by atoms with Crippen molar-refractivity contribution in [2.75, 3.05) is 26.7 Å². The predicted octanol–water partition coefficient (Wildman–Crippen LogP) is 0.837. The van der Waals surface area contributed by atoms with Crippen LogP contribution in [0, 0.1) is 18.3 Å². The standard InChI is InChI=1S/C17H26N6O2/c1-13-20-21-16(25-13)11-22(2)14-5-8-23(9-14)10-15(24)19-17(12-18)6-3-4-7-17/h14H,3-11H2,1-2H3,(H,19,24)/t14-/m0/s1. The molecule has 25 heavy (non-hydrogen) atoms.